The van der Waals surface area contributed by atoms with E-state index in [9.17, 15) is 4.79 Å². The monoisotopic (exact) mass is 379 g/mol. The highest BCUT2D eigenvalue weighted by atomic mass is 16.7. The highest BCUT2D eigenvalue weighted by Gasteiger charge is 2.51. The smallest absolute Gasteiger partial charge is 0.444 e. The lowest BCUT2D eigenvalue weighted by Crippen LogP contribution is -2.41. The summed E-state index contributed by atoms with van der Waals surface area (Å²) in [7, 11) is -0.378. The Bertz CT molecular complexity index is 640. The lowest BCUT2D eigenvalue weighted by molar-refractivity contribution is 0.00578. The Morgan fingerprint density at radius 2 is 1.67 bits per heavy atom. The Kier molecular flexibility index (Phi) is 7.54. The quantitative estimate of drug-likeness (QED) is 0.781. The van der Waals surface area contributed by atoms with Crippen molar-refractivity contribution in [2.45, 2.75) is 92.6 Å². The number of rotatable bonds is 3. The highest BCUT2D eigenvalue weighted by Crippen LogP contribution is 2.36. The molecule has 5 nitrogen and oxygen atoms in total. The summed E-state index contributed by atoms with van der Waals surface area (Å²) in [6, 6.07) is 6.03. The maximum Gasteiger partial charge on any atom is 0.494 e. The van der Waals surface area contributed by atoms with Crippen LogP contribution in [-0.2, 0) is 20.6 Å². The molecule has 0 radical (unpaired) electrons. The first-order chi connectivity index (χ1) is 12.3. The number of benzene rings is 1. The first kappa shape index (κ1) is 23.5. The van der Waals surface area contributed by atoms with E-state index < -0.39 is 11.7 Å². The molecule has 1 N–H and O–H groups in total. The standard InChI is InChI=1S/C19H30BNO4.C2H6.H2/c1-13-11-15(20-24-18(5,6)19(7,8)25-20)10-9-14(13)12-21-16(22)23-17(2,3)4;1-2;/h9-11H,12H2,1-8H3,(H,21,22);1-2H3;1H. The second kappa shape index (κ2) is 8.66. The predicted octanol–water partition coefficient (Wildman–Crippen LogP) is 4.59. The molecule has 0 aliphatic carbocycles. The van der Waals surface area contributed by atoms with Crippen molar-refractivity contribution >= 4 is 18.7 Å². The third-order valence-electron chi connectivity index (χ3n) is 4.71. The van der Waals surface area contributed by atoms with Crippen LogP contribution in [0.4, 0.5) is 4.79 Å². The zero-order valence-corrected chi connectivity index (χ0v) is 18.6. The maximum atomic E-state index is 11.8. The van der Waals surface area contributed by atoms with Crippen LogP contribution in [0.25, 0.3) is 0 Å². The fourth-order valence-electron chi connectivity index (χ4n) is 2.52. The van der Waals surface area contributed by atoms with Crippen LogP contribution >= 0.6 is 0 Å². The molecule has 0 aromatic heterocycles. The van der Waals surface area contributed by atoms with Crippen molar-refractivity contribution in [2.24, 2.45) is 0 Å². The van der Waals surface area contributed by atoms with Crippen LogP contribution in [0.1, 0.15) is 74.9 Å². The largest absolute Gasteiger partial charge is 0.494 e. The normalized spacial score (nSPS) is 17.8. The van der Waals surface area contributed by atoms with Crippen molar-refractivity contribution < 1.29 is 20.3 Å². The molecule has 2 rings (SSSR count). The molecular formula is C21H38BNO4. The van der Waals surface area contributed by atoms with E-state index in [4.69, 9.17) is 14.0 Å². The number of carbonyl (C=O) groups is 1. The van der Waals surface area contributed by atoms with Gasteiger partial charge in [-0.1, -0.05) is 32.0 Å². The van der Waals surface area contributed by atoms with Gasteiger partial charge in [-0.15, -0.1) is 0 Å². The lowest BCUT2D eigenvalue weighted by atomic mass is 9.78. The van der Waals surface area contributed by atoms with Crippen LogP contribution < -0.4 is 10.8 Å². The van der Waals surface area contributed by atoms with E-state index in [1.54, 1.807) is 0 Å². The summed E-state index contributed by atoms with van der Waals surface area (Å²) in [4.78, 5) is 11.8. The van der Waals surface area contributed by atoms with Gasteiger partial charge in [0.25, 0.3) is 0 Å². The first-order valence-electron chi connectivity index (χ1n) is 9.73. The van der Waals surface area contributed by atoms with Crippen molar-refractivity contribution in [3.8, 4) is 0 Å². The molecule has 1 amide bonds. The summed E-state index contributed by atoms with van der Waals surface area (Å²) in [6.45, 7) is 20.1. The molecule has 0 atom stereocenters. The number of alkyl carbamates (subject to hydrolysis) is 1. The summed E-state index contributed by atoms with van der Waals surface area (Å²) in [5.74, 6) is 0. The van der Waals surface area contributed by atoms with E-state index in [-0.39, 0.29) is 19.7 Å². The molecule has 1 aromatic rings. The first-order valence-corrected chi connectivity index (χ1v) is 9.73. The van der Waals surface area contributed by atoms with Crippen molar-refractivity contribution in [2.75, 3.05) is 0 Å². The minimum Gasteiger partial charge on any atom is -0.444 e. The second-order valence-electron chi connectivity index (χ2n) is 8.63. The van der Waals surface area contributed by atoms with Crippen molar-refractivity contribution in [3.63, 3.8) is 0 Å². The van der Waals surface area contributed by atoms with Gasteiger partial charge in [0.1, 0.15) is 5.60 Å². The van der Waals surface area contributed by atoms with Gasteiger partial charge in [-0.25, -0.2) is 4.79 Å². The summed E-state index contributed by atoms with van der Waals surface area (Å²) in [5.41, 5.74) is 1.87. The molecule has 1 fully saturated rings. The highest BCUT2D eigenvalue weighted by molar-refractivity contribution is 6.62. The predicted molar refractivity (Wildman–Crippen MR) is 113 cm³/mol. The summed E-state index contributed by atoms with van der Waals surface area (Å²) >= 11 is 0. The lowest BCUT2D eigenvalue weighted by Gasteiger charge is -2.32. The average molecular weight is 379 g/mol. The van der Waals surface area contributed by atoms with E-state index in [1.807, 2.05) is 87.4 Å². The van der Waals surface area contributed by atoms with Gasteiger partial charge in [0, 0.05) is 7.97 Å². The van der Waals surface area contributed by atoms with Crippen molar-refractivity contribution in [3.05, 3.63) is 29.3 Å². The van der Waals surface area contributed by atoms with E-state index in [0.29, 0.717) is 6.54 Å². The molecule has 1 aromatic carbocycles. The fourth-order valence-corrected chi connectivity index (χ4v) is 2.52. The fraction of sp³-hybridized carbons (Fsp3) is 0.667. The Balaban J connectivity index is 0.00000235. The number of ether oxygens (including phenoxy) is 1. The van der Waals surface area contributed by atoms with Gasteiger partial charge in [0.15, 0.2) is 0 Å². The number of aryl methyl sites for hydroxylation is 1. The van der Waals surface area contributed by atoms with Gasteiger partial charge < -0.3 is 19.4 Å². The number of amides is 1. The van der Waals surface area contributed by atoms with Crippen LogP contribution in [0, 0.1) is 6.92 Å². The number of carbonyl (C=O) groups excluding carboxylic acids is 1. The molecule has 1 aliphatic heterocycles. The third-order valence-corrected chi connectivity index (χ3v) is 4.71. The maximum absolute atomic E-state index is 11.8. The number of nitrogens with one attached hydrogen (secondary N) is 1. The zero-order chi connectivity index (χ0) is 21.0. The molecule has 27 heavy (non-hydrogen) atoms. The topological polar surface area (TPSA) is 56.8 Å². The molecule has 1 saturated heterocycles. The summed E-state index contributed by atoms with van der Waals surface area (Å²) in [6.07, 6.45) is -0.415. The average Bonchev–Trinajstić information content (AvgIpc) is 2.74. The van der Waals surface area contributed by atoms with Crippen molar-refractivity contribution in [1.82, 2.24) is 5.32 Å². The second-order valence-corrected chi connectivity index (χ2v) is 8.63. The molecular weight excluding hydrogens is 341 g/mol. The Hall–Kier alpha value is -1.53. The number of hydrogen-bond acceptors (Lipinski definition) is 4. The van der Waals surface area contributed by atoms with Crippen LogP contribution in [0.15, 0.2) is 18.2 Å². The molecule has 1 aliphatic rings. The molecule has 6 heteroatoms. The molecule has 0 bridgehead atoms. The van der Waals surface area contributed by atoms with Crippen molar-refractivity contribution in [1.29, 1.82) is 0 Å². The molecule has 1 heterocycles. The van der Waals surface area contributed by atoms with E-state index in [2.05, 4.69) is 5.32 Å². The van der Waals surface area contributed by atoms with Gasteiger partial charge in [0.05, 0.1) is 11.2 Å². The van der Waals surface area contributed by atoms with Gasteiger partial charge in [0.2, 0.25) is 0 Å². The minimum absolute atomic E-state index is 0. The van der Waals surface area contributed by atoms with Crippen LogP contribution in [0.5, 0.6) is 0 Å². The van der Waals surface area contributed by atoms with E-state index in [0.717, 1.165) is 16.6 Å². The van der Waals surface area contributed by atoms with Gasteiger partial charge >= 0.3 is 13.2 Å². The minimum atomic E-state index is -0.500. The zero-order valence-electron chi connectivity index (χ0n) is 18.6. The van der Waals surface area contributed by atoms with Gasteiger partial charge in [-0.3, -0.25) is 0 Å². The van der Waals surface area contributed by atoms with Gasteiger partial charge in [-0.2, -0.15) is 0 Å². The van der Waals surface area contributed by atoms with Crippen LogP contribution in [0.2, 0.25) is 0 Å². The molecule has 0 saturated carbocycles. The van der Waals surface area contributed by atoms with Gasteiger partial charge in [-0.05, 0) is 72.0 Å². The SMILES string of the molecule is CC.Cc1cc(B2OC(C)(C)C(C)(C)O2)ccc1CNC(=O)OC(C)(C)C.[HH]. The third kappa shape index (κ3) is 6.25. The number of hydrogen-bond donors (Lipinski definition) is 1. The molecule has 0 unspecified atom stereocenters. The molecule has 154 valence electrons. The van der Waals surface area contributed by atoms with E-state index >= 15 is 0 Å². The summed E-state index contributed by atoms with van der Waals surface area (Å²) < 4.78 is 17.4. The Labute approximate surface area is 166 Å². The van der Waals surface area contributed by atoms with Crippen LogP contribution in [0.3, 0.4) is 0 Å². The molecule has 0 spiro atoms. The van der Waals surface area contributed by atoms with Crippen LogP contribution in [-0.4, -0.2) is 30.0 Å². The Morgan fingerprint density at radius 3 is 2.11 bits per heavy atom. The summed E-state index contributed by atoms with van der Waals surface area (Å²) in [5, 5.41) is 2.79. The van der Waals surface area contributed by atoms with E-state index in [1.165, 1.54) is 0 Å². The Morgan fingerprint density at radius 1 is 1.15 bits per heavy atom.